The Bertz CT molecular complexity index is 582. The molecular formula is C22H32O6. The Labute approximate surface area is 167 Å². The third kappa shape index (κ3) is 14.6. The smallest absolute Gasteiger partial charge is 0.379 e. The normalized spacial score (nSPS) is 13.4. The minimum absolute atomic E-state index is 0.533. The lowest BCUT2D eigenvalue weighted by molar-refractivity contribution is -0.234. The fourth-order valence-corrected chi connectivity index (χ4v) is 2.26. The lowest BCUT2D eigenvalue weighted by Gasteiger charge is -2.00. The number of carbonyl (C=O) groups is 1. The van der Waals surface area contributed by atoms with E-state index in [0.29, 0.717) is 0 Å². The molecule has 28 heavy (non-hydrogen) atoms. The first-order valence-corrected chi connectivity index (χ1v) is 9.61. The van der Waals surface area contributed by atoms with Crippen molar-refractivity contribution in [3.05, 3.63) is 72.3 Å². The third-order valence-electron chi connectivity index (χ3n) is 3.74. The molecule has 0 aromatic heterocycles. The fraction of sp³-hybridized carbons (Fsp3) is 0.409. The Morgan fingerprint density at radius 1 is 0.750 bits per heavy atom. The summed E-state index contributed by atoms with van der Waals surface area (Å²) in [5.41, 5.74) is 0. The van der Waals surface area contributed by atoms with Crippen LogP contribution in [0.2, 0.25) is 0 Å². The molecule has 0 aromatic carbocycles. The number of carboxylic acid groups (broad SMARTS) is 1. The summed E-state index contributed by atoms with van der Waals surface area (Å²) in [5, 5.41) is 25.7. The number of allylic oxidation sites excluding steroid dienone is 10. The van der Waals surface area contributed by atoms with Crippen LogP contribution in [0.3, 0.4) is 0 Å². The lowest BCUT2D eigenvalue weighted by Crippen LogP contribution is -2.07. The Balaban J connectivity index is 4.02. The molecule has 0 amide bonds. The van der Waals surface area contributed by atoms with Crippen molar-refractivity contribution in [2.75, 3.05) is 0 Å². The largest absolute Gasteiger partial charge is 0.475 e. The highest BCUT2D eigenvalue weighted by atomic mass is 17.1. The van der Waals surface area contributed by atoms with Crippen LogP contribution in [-0.2, 0) is 14.6 Å². The quantitative estimate of drug-likeness (QED) is 0.0724. The van der Waals surface area contributed by atoms with E-state index in [9.17, 15) is 4.79 Å². The van der Waals surface area contributed by atoms with Gasteiger partial charge in [0, 0.05) is 0 Å². The second-order valence-electron chi connectivity index (χ2n) is 6.03. The van der Waals surface area contributed by atoms with E-state index in [1.165, 1.54) is 51.0 Å². The summed E-state index contributed by atoms with van der Waals surface area (Å²) < 4.78 is 0. The summed E-state index contributed by atoms with van der Waals surface area (Å²) in [7, 11) is 0. The van der Waals surface area contributed by atoms with Gasteiger partial charge in [0.25, 0.3) is 5.76 Å². The van der Waals surface area contributed by atoms with E-state index in [4.69, 9.17) is 15.6 Å². The maximum absolute atomic E-state index is 10.7. The van der Waals surface area contributed by atoms with Crippen molar-refractivity contribution in [3.63, 3.8) is 0 Å². The van der Waals surface area contributed by atoms with Gasteiger partial charge in [-0.3, -0.25) is 0 Å². The number of rotatable bonds is 16. The Hall–Kier alpha value is -2.57. The van der Waals surface area contributed by atoms with Crippen LogP contribution >= 0.6 is 0 Å². The van der Waals surface area contributed by atoms with E-state index >= 15 is 0 Å². The molecule has 0 saturated carbocycles. The van der Waals surface area contributed by atoms with Gasteiger partial charge in [0.2, 0.25) is 5.76 Å². The molecular weight excluding hydrogens is 360 g/mol. The molecule has 0 spiro atoms. The zero-order valence-corrected chi connectivity index (χ0v) is 16.5. The van der Waals surface area contributed by atoms with Crippen LogP contribution in [0.5, 0.6) is 0 Å². The van der Waals surface area contributed by atoms with Crippen molar-refractivity contribution in [1.29, 1.82) is 0 Å². The van der Waals surface area contributed by atoms with E-state index in [-0.39, 0.29) is 0 Å². The molecule has 0 aromatic rings. The molecule has 0 radical (unpaired) electrons. The standard InChI is InChI=1S/C22H32O6/c1-2-3-4-5-6-7-8-9-10-11-12-13-14-15-16-17-18-19-20(27-25)21(28-26)22(23)24/h10-19,25-26H,2-9H2,1H3,(H,23,24). The van der Waals surface area contributed by atoms with Gasteiger partial charge < -0.3 is 14.9 Å². The molecule has 156 valence electrons. The first-order chi connectivity index (χ1) is 13.7. The maximum Gasteiger partial charge on any atom is 0.379 e. The van der Waals surface area contributed by atoms with Gasteiger partial charge in [-0.25, -0.2) is 15.3 Å². The van der Waals surface area contributed by atoms with Crippen molar-refractivity contribution < 1.29 is 30.2 Å². The number of hydrogen-bond acceptors (Lipinski definition) is 5. The molecule has 0 aliphatic heterocycles. The van der Waals surface area contributed by atoms with Gasteiger partial charge in [0.05, 0.1) is 0 Å². The maximum atomic E-state index is 10.7. The molecule has 0 aliphatic rings. The van der Waals surface area contributed by atoms with E-state index in [2.05, 4.69) is 22.8 Å². The van der Waals surface area contributed by atoms with Crippen LogP contribution in [0.1, 0.15) is 58.3 Å². The highest BCUT2D eigenvalue weighted by molar-refractivity contribution is 5.85. The summed E-state index contributed by atoms with van der Waals surface area (Å²) in [5.74, 6) is -3.03. The van der Waals surface area contributed by atoms with Gasteiger partial charge in [-0.15, -0.1) is 0 Å². The van der Waals surface area contributed by atoms with Crippen LogP contribution < -0.4 is 0 Å². The molecule has 0 saturated heterocycles. The number of carboxylic acids is 1. The summed E-state index contributed by atoms with van der Waals surface area (Å²) in [6.07, 6.45) is 27.9. The average molecular weight is 392 g/mol. The first kappa shape index (κ1) is 25.4. The third-order valence-corrected chi connectivity index (χ3v) is 3.74. The topological polar surface area (TPSA) is 96.2 Å². The zero-order valence-electron chi connectivity index (χ0n) is 16.5. The van der Waals surface area contributed by atoms with Gasteiger partial charge >= 0.3 is 5.97 Å². The fourth-order valence-electron chi connectivity index (χ4n) is 2.26. The first-order valence-electron chi connectivity index (χ1n) is 9.61. The molecule has 3 N–H and O–H groups in total. The van der Waals surface area contributed by atoms with Crippen molar-refractivity contribution in [2.24, 2.45) is 0 Å². The van der Waals surface area contributed by atoms with Gasteiger partial charge in [-0.1, -0.05) is 100 Å². The van der Waals surface area contributed by atoms with Crippen LogP contribution in [-0.4, -0.2) is 21.6 Å². The van der Waals surface area contributed by atoms with E-state index in [1.54, 1.807) is 18.2 Å². The monoisotopic (exact) mass is 392 g/mol. The molecule has 0 aliphatic carbocycles. The second kappa shape index (κ2) is 19.2. The number of aliphatic carboxylic acids is 1. The molecule has 0 atom stereocenters. The zero-order chi connectivity index (χ0) is 20.9. The van der Waals surface area contributed by atoms with Crippen LogP contribution in [0.15, 0.2) is 72.3 Å². The number of hydrogen-bond donors (Lipinski definition) is 3. The highest BCUT2D eigenvalue weighted by Crippen LogP contribution is 2.09. The van der Waals surface area contributed by atoms with E-state index < -0.39 is 17.5 Å². The van der Waals surface area contributed by atoms with Crippen LogP contribution in [0.25, 0.3) is 0 Å². The highest BCUT2D eigenvalue weighted by Gasteiger charge is 2.16. The van der Waals surface area contributed by atoms with E-state index in [0.717, 1.165) is 12.5 Å². The molecule has 0 rings (SSSR count). The predicted octanol–water partition coefficient (Wildman–Crippen LogP) is 6.18. The van der Waals surface area contributed by atoms with Gasteiger partial charge in [-0.05, 0) is 18.9 Å². The summed E-state index contributed by atoms with van der Waals surface area (Å²) in [6.45, 7) is 2.23. The van der Waals surface area contributed by atoms with Crippen molar-refractivity contribution in [1.82, 2.24) is 0 Å². The summed E-state index contributed by atoms with van der Waals surface area (Å²) in [4.78, 5) is 18.2. The van der Waals surface area contributed by atoms with Crippen molar-refractivity contribution in [3.8, 4) is 0 Å². The summed E-state index contributed by atoms with van der Waals surface area (Å²) in [6, 6.07) is 0. The predicted molar refractivity (Wildman–Crippen MR) is 110 cm³/mol. The van der Waals surface area contributed by atoms with Crippen LogP contribution in [0, 0.1) is 0 Å². The Morgan fingerprint density at radius 3 is 1.82 bits per heavy atom. The molecule has 6 heteroatoms. The minimum atomic E-state index is -1.58. The molecule has 0 fully saturated rings. The molecule has 0 bridgehead atoms. The lowest BCUT2D eigenvalue weighted by atomic mass is 10.1. The molecule has 0 unspecified atom stereocenters. The minimum Gasteiger partial charge on any atom is -0.475 e. The van der Waals surface area contributed by atoms with Crippen molar-refractivity contribution >= 4 is 5.97 Å². The van der Waals surface area contributed by atoms with Gasteiger partial charge in [-0.2, -0.15) is 0 Å². The molecule has 0 heterocycles. The second-order valence-corrected chi connectivity index (χ2v) is 6.03. The van der Waals surface area contributed by atoms with Gasteiger partial charge in [0.15, 0.2) is 0 Å². The Morgan fingerprint density at radius 2 is 1.29 bits per heavy atom. The SMILES string of the molecule is CCCCCCCCCC=CC=CC=CC=CC=CC(OO)=C(OO)C(=O)O. The summed E-state index contributed by atoms with van der Waals surface area (Å²) >= 11 is 0. The number of unbranched alkanes of at least 4 members (excludes halogenated alkanes) is 7. The van der Waals surface area contributed by atoms with Crippen molar-refractivity contribution in [2.45, 2.75) is 58.3 Å². The van der Waals surface area contributed by atoms with Gasteiger partial charge in [0.1, 0.15) is 0 Å². The Kier molecular flexibility index (Phi) is 17.4. The van der Waals surface area contributed by atoms with Crippen LogP contribution in [0.4, 0.5) is 0 Å². The van der Waals surface area contributed by atoms with E-state index in [1.807, 2.05) is 24.3 Å². The average Bonchev–Trinajstić information content (AvgIpc) is 2.69. The molecule has 6 nitrogen and oxygen atoms in total.